The van der Waals surface area contributed by atoms with Gasteiger partial charge in [-0.05, 0) is 13.5 Å². The second kappa shape index (κ2) is 6.40. The van der Waals surface area contributed by atoms with Gasteiger partial charge in [0.15, 0.2) is 0 Å². The summed E-state index contributed by atoms with van der Waals surface area (Å²) in [5, 5.41) is 12.5. The number of rotatable bonds is 6. The number of aromatic nitrogens is 2. The van der Waals surface area contributed by atoms with Crippen LogP contribution >= 0.6 is 0 Å². The third-order valence-electron chi connectivity index (χ3n) is 2.15. The standard InChI is InChI=1S/C11H20N4O/c1-4-12-5-10-6-13-11(14-7-10)15(3)8-9(2)16/h6-7,9,12,16H,4-5,8H2,1-3H3. The number of nitrogens with zero attached hydrogens (tertiary/aromatic N) is 3. The Hall–Kier alpha value is -1.20. The predicted octanol–water partition coefficient (Wildman–Crippen LogP) is 0.403. The maximum Gasteiger partial charge on any atom is 0.225 e. The maximum atomic E-state index is 9.25. The van der Waals surface area contributed by atoms with Crippen LogP contribution in [0.1, 0.15) is 19.4 Å². The molecule has 0 aromatic carbocycles. The summed E-state index contributed by atoms with van der Waals surface area (Å²) >= 11 is 0. The van der Waals surface area contributed by atoms with Gasteiger partial charge in [0.2, 0.25) is 5.95 Å². The number of aliphatic hydroxyl groups excluding tert-OH is 1. The third kappa shape index (κ3) is 4.12. The van der Waals surface area contributed by atoms with Crippen molar-refractivity contribution < 1.29 is 5.11 Å². The molecule has 1 atom stereocenters. The Kier molecular flexibility index (Phi) is 5.14. The van der Waals surface area contributed by atoms with E-state index in [1.807, 2.05) is 24.3 Å². The fourth-order valence-electron chi connectivity index (χ4n) is 1.38. The molecule has 0 saturated heterocycles. The van der Waals surface area contributed by atoms with Gasteiger partial charge in [-0.15, -0.1) is 0 Å². The minimum absolute atomic E-state index is 0.380. The summed E-state index contributed by atoms with van der Waals surface area (Å²) in [4.78, 5) is 10.3. The van der Waals surface area contributed by atoms with Crippen molar-refractivity contribution in [2.45, 2.75) is 26.5 Å². The van der Waals surface area contributed by atoms with Gasteiger partial charge in [0, 0.05) is 38.1 Å². The molecule has 0 fully saturated rings. The van der Waals surface area contributed by atoms with E-state index in [4.69, 9.17) is 0 Å². The molecule has 1 aromatic heterocycles. The Morgan fingerprint density at radius 3 is 2.56 bits per heavy atom. The Morgan fingerprint density at radius 2 is 2.06 bits per heavy atom. The van der Waals surface area contributed by atoms with Gasteiger partial charge >= 0.3 is 0 Å². The van der Waals surface area contributed by atoms with Gasteiger partial charge in [0.25, 0.3) is 0 Å². The highest BCUT2D eigenvalue weighted by atomic mass is 16.3. The second-order valence-corrected chi connectivity index (χ2v) is 3.90. The Labute approximate surface area is 96.5 Å². The summed E-state index contributed by atoms with van der Waals surface area (Å²) in [6, 6.07) is 0. The zero-order valence-corrected chi connectivity index (χ0v) is 10.1. The van der Waals surface area contributed by atoms with Crippen LogP contribution in [0.3, 0.4) is 0 Å². The van der Waals surface area contributed by atoms with E-state index in [-0.39, 0.29) is 6.10 Å². The molecule has 0 aliphatic carbocycles. The molecule has 0 radical (unpaired) electrons. The molecule has 1 heterocycles. The van der Waals surface area contributed by atoms with E-state index in [9.17, 15) is 5.11 Å². The van der Waals surface area contributed by atoms with Gasteiger partial charge in [-0.3, -0.25) is 0 Å². The van der Waals surface area contributed by atoms with Crippen LogP contribution < -0.4 is 10.2 Å². The molecule has 1 rings (SSSR count). The van der Waals surface area contributed by atoms with Crippen LogP contribution in [-0.4, -0.2) is 41.3 Å². The van der Waals surface area contributed by atoms with Crippen LogP contribution in [0, 0.1) is 0 Å². The van der Waals surface area contributed by atoms with E-state index in [0.717, 1.165) is 18.7 Å². The van der Waals surface area contributed by atoms with Crippen LogP contribution in [0.15, 0.2) is 12.4 Å². The number of hydrogen-bond acceptors (Lipinski definition) is 5. The van der Waals surface area contributed by atoms with Crippen LogP contribution in [-0.2, 0) is 6.54 Å². The zero-order valence-electron chi connectivity index (χ0n) is 10.1. The summed E-state index contributed by atoms with van der Waals surface area (Å²) in [6.07, 6.45) is 3.24. The number of aliphatic hydroxyl groups is 1. The molecule has 0 bridgehead atoms. The first kappa shape index (κ1) is 12.9. The molecule has 0 saturated carbocycles. The van der Waals surface area contributed by atoms with Crippen molar-refractivity contribution in [3.05, 3.63) is 18.0 Å². The quantitative estimate of drug-likeness (QED) is 0.732. The first-order valence-electron chi connectivity index (χ1n) is 5.54. The lowest BCUT2D eigenvalue weighted by atomic mass is 10.3. The van der Waals surface area contributed by atoms with E-state index in [2.05, 4.69) is 22.2 Å². The first-order valence-corrected chi connectivity index (χ1v) is 5.54. The molecule has 2 N–H and O–H groups in total. The van der Waals surface area contributed by atoms with Crippen molar-refractivity contribution in [3.8, 4) is 0 Å². The topological polar surface area (TPSA) is 61.3 Å². The van der Waals surface area contributed by atoms with Gasteiger partial charge < -0.3 is 15.3 Å². The highest BCUT2D eigenvalue weighted by Crippen LogP contribution is 2.05. The van der Waals surface area contributed by atoms with Crippen molar-refractivity contribution >= 4 is 5.95 Å². The highest BCUT2D eigenvalue weighted by Gasteiger charge is 2.06. The molecule has 0 aliphatic heterocycles. The Morgan fingerprint density at radius 1 is 1.44 bits per heavy atom. The first-order chi connectivity index (χ1) is 7.63. The Bertz CT molecular complexity index is 299. The SMILES string of the molecule is CCNCc1cnc(N(C)CC(C)O)nc1. The molecule has 1 aromatic rings. The zero-order chi connectivity index (χ0) is 12.0. The smallest absolute Gasteiger partial charge is 0.225 e. The molecule has 0 spiro atoms. The van der Waals surface area contributed by atoms with Gasteiger partial charge in [-0.25, -0.2) is 9.97 Å². The minimum atomic E-state index is -0.380. The summed E-state index contributed by atoms with van der Waals surface area (Å²) in [5.74, 6) is 0.640. The van der Waals surface area contributed by atoms with Crippen molar-refractivity contribution in [2.24, 2.45) is 0 Å². The van der Waals surface area contributed by atoms with E-state index >= 15 is 0 Å². The van der Waals surface area contributed by atoms with Gasteiger partial charge in [0.05, 0.1) is 6.10 Å². The fourth-order valence-corrected chi connectivity index (χ4v) is 1.38. The van der Waals surface area contributed by atoms with Crippen molar-refractivity contribution in [1.29, 1.82) is 0 Å². The fraction of sp³-hybridized carbons (Fsp3) is 0.636. The van der Waals surface area contributed by atoms with Gasteiger partial charge in [-0.1, -0.05) is 6.92 Å². The average Bonchev–Trinajstić information content (AvgIpc) is 2.26. The second-order valence-electron chi connectivity index (χ2n) is 3.90. The highest BCUT2D eigenvalue weighted by molar-refractivity contribution is 5.28. The van der Waals surface area contributed by atoms with Crippen LogP contribution in [0.5, 0.6) is 0 Å². The molecule has 0 aliphatic rings. The average molecular weight is 224 g/mol. The van der Waals surface area contributed by atoms with E-state index < -0.39 is 0 Å². The van der Waals surface area contributed by atoms with Gasteiger partial charge in [0.1, 0.15) is 0 Å². The summed E-state index contributed by atoms with van der Waals surface area (Å²) < 4.78 is 0. The number of hydrogen-bond donors (Lipinski definition) is 2. The Balaban J connectivity index is 2.56. The molecule has 90 valence electrons. The summed E-state index contributed by atoms with van der Waals surface area (Å²) in [6.45, 7) is 6.06. The largest absolute Gasteiger partial charge is 0.392 e. The van der Waals surface area contributed by atoms with E-state index in [0.29, 0.717) is 12.5 Å². The van der Waals surface area contributed by atoms with Crippen LogP contribution in [0.4, 0.5) is 5.95 Å². The molecule has 5 heteroatoms. The molecule has 16 heavy (non-hydrogen) atoms. The lowest BCUT2D eigenvalue weighted by molar-refractivity contribution is 0.201. The lowest BCUT2D eigenvalue weighted by Gasteiger charge is -2.18. The van der Waals surface area contributed by atoms with E-state index in [1.54, 1.807) is 6.92 Å². The van der Waals surface area contributed by atoms with E-state index in [1.165, 1.54) is 0 Å². The molecule has 0 amide bonds. The number of likely N-dealkylation sites (N-methyl/N-ethyl adjacent to an activating group) is 1. The monoisotopic (exact) mass is 224 g/mol. The minimum Gasteiger partial charge on any atom is -0.392 e. The predicted molar refractivity (Wildman–Crippen MR) is 64.4 cm³/mol. The van der Waals surface area contributed by atoms with Crippen molar-refractivity contribution in [2.75, 3.05) is 25.0 Å². The lowest BCUT2D eigenvalue weighted by Crippen LogP contribution is -2.28. The van der Waals surface area contributed by atoms with Crippen molar-refractivity contribution in [1.82, 2.24) is 15.3 Å². The molecular formula is C11H20N4O. The van der Waals surface area contributed by atoms with Crippen molar-refractivity contribution in [3.63, 3.8) is 0 Å². The molecule has 5 nitrogen and oxygen atoms in total. The molecular weight excluding hydrogens is 204 g/mol. The normalized spacial score (nSPS) is 12.5. The van der Waals surface area contributed by atoms with Gasteiger partial charge in [-0.2, -0.15) is 0 Å². The van der Waals surface area contributed by atoms with Crippen LogP contribution in [0.2, 0.25) is 0 Å². The third-order valence-corrected chi connectivity index (χ3v) is 2.15. The summed E-state index contributed by atoms with van der Waals surface area (Å²) in [5.41, 5.74) is 1.07. The number of anilines is 1. The molecule has 1 unspecified atom stereocenters. The van der Waals surface area contributed by atoms with Crippen LogP contribution in [0.25, 0.3) is 0 Å². The number of nitrogens with one attached hydrogen (secondary N) is 1. The maximum absolute atomic E-state index is 9.25. The summed E-state index contributed by atoms with van der Waals surface area (Å²) in [7, 11) is 1.87.